The van der Waals surface area contributed by atoms with Gasteiger partial charge in [0.15, 0.2) is 0 Å². The van der Waals surface area contributed by atoms with Crippen molar-refractivity contribution in [2.45, 2.75) is 26.7 Å². The Morgan fingerprint density at radius 3 is 2.67 bits per heavy atom. The Labute approximate surface area is 126 Å². The Hall–Kier alpha value is -1.86. The van der Waals surface area contributed by atoms with Crippen LogP contribution in [0.25, 0.3) is 0 Å². The molecule has 0 atom stereocenters. The van der Waals surface area contributed by atoms with Crippen LogP contribution in [0, 0.1) is 23.7 Å². The van der Waals surface area contributed by atoms with Gasteiger partial charge in [-0.15, -0.1) is 0 Å². The zero-order chi connectivity index (χ0) is 15.2. The molecule has 4 nitrogen and oxygen atoms in total. The van der Waals surface area contributed by atoms with Gasteiger partial charge < -0.3 is 10.0 Å². The summed E-state index contributed by atoms with van der Waals surface area (Å²) in [5.41, 5.74) is 1.17. The van der Waals surface area contributed by atoms with Crippen molar-refractivity contribution in [3.63, 3.8) is 0 Å². The molecular formula is C17H22N2O2. The summed E-state index contributed by atoms with van der Waals surface area (Å²) in [5, 5.41) is 8.65. The third kappa shape index (κ3) is 4.05. The molecule has 1 amide bonds. The summed E-state index contributed by atoms with van der Waals surface area (Å²) in [6.07, 6.45) is 3.73. The predicted octanol–water partition coefficient (Wildman–Crippen LogP) is 1.93. The minimum absolute atomic E-state index is 0.00104. The van der Waals surface area contributed by atoms with Gasteiger partial charge in [-0.2, -0.15) is 0 Å². The van der Waals surface area contributed by atoms with Crippen LogP contribution >= 0.6 is 0 Å². The number of hydrogen-bond acceptors (Lipinski definition) is 3. The molecule has 21 heavy (non-hydrogen) atoms. The summed E-state index contributed by atoms with van der Waals surface area (Å²) in [6.45, 7) is 5.95. The van der Waals surface area contributed by atoms with E-state index < -0.39 is 0 Å². The highest BCUT2D eigenvalue weighted by Crippen LogP contribution is 2.25. The van der Waals surface area contributed by atoms with Gasteiger partial charge in [-0.3, -0.25) is 4.79 Å². The minimum Gasteiger partial charge on any atom is -0.384 e. The van der Waals surface area contributed by atoms with Crippen LogP contribution in [0.3, 0.4) is 0 Å². The van der Waals surface area contributed by atoms with Crippen molar-refractivity contribution in [2.75, 3.05) is 19.7 Å². The van der Waals surface area contributed by atoms with Gasteiger partial charge >= 0.3 is 0 Å². The molecule has 0 spiro atoms. The summed E-state index contributed by atoms with van der Waals surface area (Å²) in [7, 11) is 0. The third-order valence-corrected chi connectivity index (χ3v) is 4.06. The lowest BCUT2D eigenvalue weighted by Gasteiger charge is -2.33. The average Bonchev–Trinajstić information content (AvgIpc) is 2.53. The molecule has 1 aliphatic rings. The Bertz CT molecular complexity index is 532. The van der Waals surface area contributed by atoms with E-state index in [1.807, 2.05) is 4.90 Å². The van der Waals surface area contributed by atoms with E-state index in [1.165, 1.54) is 0 Å². The van der Waals surface area contributed by atoms with Crippen molar-refractivity contribution < 1.29 is 9.90 Å². The van der Waals surface area contributed by atoms with Crippen LogP contribution in [0.1, 0.15) is 42.7 Å². The number of aliphatic hydroxyl groups excluding tert-OH is 1. The molecule has 1 aliphatic heterocycles. The Balaban J connectivity index is 1.97. The average molecular weight is 286 g/mol. The van der Waals surface area contributed by atoms with E-state index in [-0.39, 0.29) is 12.5 Å². The number of pyridine rings is 1. The first-order valence-electron chi connectivity index (χ1n) is 7.47. The maximum Gasteiger partial charge on any atom is 0.272 e. The van der Waals surface area contributed by atoms with Crippen molar-refractivity contribution in [1.82, 2.24) is 9.88 Å². The number of carbonyl (C=O) groups excluding carboxylic acids is 1. The van der Waals surface area contributed by atoms with E-state index in [2.05, 4.69) is 30.7 Å². The Morgan fingerprint density at radius 1 is 1.43 bits per heavy atom. The SMILES string of the molecule is CC(C)C1CCN(C(=O)c2ccc(C#CCO)cn2)CC1. The van der Waals surface area contributed by atoms with E-state index in [0.717, 1.165) is 31.8 Å². The van der Waals surface area contributed by atoms with Gasteiger partial charge in [0, 0.05) is 24.8 Å². The molecule has 2 rings (SSSR count). The molecule has 0 unspecified atom stereocenters. The van der Waals surface area contributed by atoms with E-state index in [0.29, 0.717) is 17.2 Å². The van der Waals surface area contributed by atoms with Gasteiger partial charge in [0.25, 0.3) is 5.91 Å². The van der Waals surface area contributed by atoms with Gasteiger partial charge in [0.05, 0.1) is 0 Å². The van der Waals surface area contributed by atoms with Gasteiger partial charge in [0.1, 0.15) is 12.3 Å². The number of amides is 1. The van der Waals surface area contributed by atoms with E-state index in [1.54, 1.807) is 18.3 Å². The van der Waals surface area contributed by atoms with E-state index in [9.17, 15) is 4.79 Å². The summed E-state index contributed by atoms with van der Waals surface area (Å²) in [6, 6.07) is 3.47. The van der Waals surface area contributed by atoms with Gasteiger partial charge in [-0.05, 0) is 36.8 Å². The summed E-state index contributed by atoms with van der Waals surface area (Å²) < 4.78 is 0. The minimum atomic E-state index is -0.175. The Kier molecular flexibility index (Phi) is 5.35. The molecule has 0 aliphatic carbocycles. The molecule has 0 bridgehead atoms. The molecule has 0 saturated carbocycles. The first-order chi connectivity index (χ1) is 10.1. The number of piperidine rings is 1. The number of rotatable bonds is 2. The lowest BCUT2D eigenvalue weighted by atomic mass is 9.86. The Morgan fingerprint density at radius 2 is 2.14 bits per heavy atom. The lowest BCUT2D eigenvalue weighted by molar-refractivity contribution is 0.0662. The predicted molar refractivity (Wildman–Crippen MR) is 81.7 cm³/mol. The zero-order valence-corrected chi connectivity index (χ0v) is 12.7. The second-order valence-electron chi connectivity index (χ2n) is 5.77. The standard InChI is InChI=1S/C17H22N2O2/c1-13(2)15-7-9-19(10-8-15)17(21)16-6-5-14(12-18-16)4-3-11-20/h5-6,12-13,15,20H,7-11H2,1-2H3. The molecule has 1 aromatic heterocycles. The number of aliphatic hydroxyl groups is 1. The number of nitrogens with zero attached hydrogens (tertiary/aromatic N) is 2. The van der Waals surface area contributed by atoms with Gasteiger partial charge in [-0.1, -0.05) is 25.7 Å². The molecule has 1 saturated heterocycles. The monoisotopic (exact) mass is 286 g/mol. The molecule has 112 valence electrons. The van der Waals surface area contributed by atoms with E-state index in [4.69, 9.17) is 5.11 Å². The maximum atomic E-state index is 12.4. The number of carbonyl (C=O) groups is 1. The smallest absolute Gasteiger partial charge is 0.272 e. The molecule has 1 aromatic rings. The normalized spacial score (nSPS) is 15.7. The van der Waals surface area contributed by atoms with Crippen molar-refractivity contribution in [2.24, 2.45) is 11.8 Å². The highest BCUT2D eigenvalue weighted by Gasteiger charge is 2.25. The van der Waals surface area contributed by atoms with Crippen LogP contribution in [0.4, 0.5) is 0 Å². The maximum absolute atomic E-state index is 12.4. The quantitative estimate of drug-likeness (QED) is 0.845. The highest BCUT2D eigenvalue weighted by atomic mass is 16.2. The summed E-state index contributed by atoms with van der Waals surface area (Å²) in [4.78, 5) is 18.5. The molecule has 4 heteroatoms. The molecule has 0 radical (unpaired) electrons. The third-order valence-electron chi connectivity index (χ3n) is 4.06. The molecule has 1 N–H and O–H groups in total. The molecular weight excluding hydrogens is 264 g/mol. The first kappa shape index (κ1) is 15.5. The topological polar surface area (TPSA) is 53.4 Å². The number of hydrogen-bond donors (Lipinski definition) is 1. The fourth-order valence-corrected chi connectivity index (χ4v) is 2.67. The number of aromatic nitrogens is 1. The summed E-state index contributed by atoms with van der Waals surface area (Å²) >= 11 is 0. The largest absolute Gasteiger partial charge is 0.384 e. The zero-order valence-electron chi connectivity index (χ0n) is 12.7. The fourth-order valence-electron chi connectivity index (χ4n) is 2.67. The summed E-state index contributed by atoms with van der Waals surface area (Å²) in [5.74, 6) is 6.74. The fraction of sp³-hybridized carbons (Fsp3) is 0.529. The van der Waals surface area contributed by atoms with Gasteiger partial charge in [0.2, 0.25) is 0 Å². The van der Waals surface area contributed by atoms with Crippen molar-refractivity contribution in [1.29, 1.82) is 0 Å². The number of likely N-dealkylation sites (tertiary alicyclic amines) is 1. The van der Waals surface area contributed by atoms with Crippen LogP contribution in [0.5, 0.6) is 0 Å². The molecule has 1 fully saturated rings. The van der Waals surface area contributed by atoms with Crippen LogP contribution in [-0.4, -0.2) is 40.6 Å². The van der Waals surface area contributed by atoms with E-state index >= 15 is 0 Å². The van der Waals surface area contributed by atoms with Crippen LogP contribution in [0.15, 0.2) is 18.3 Å². The molecule has 2 heterocycles. The van der Waals surface area contributed by atoms with Crippen molar-refractivity contribution >= 4 is 5.91 Å². The molecule has 0 aromatic carbocycles. The van der Waals surface area contributed by atoms with Crippen molar-refractivity contribution in [3.05, 3.63) is 29.6 Å². The van der Waals surface area contributed by atoms with Crippen molar-refractivity contribution in [3.8, 4) is 11.8 Å². The van der Waals surface area contributed by atoms with Crippen LogP contribution in [0.2, 0.25) is 0 Å². The first-order valence-corrected chi connectivity index (χ1v) is 7.47. The van der Waals surface area contributed by atoms with Crippen LogP contribution < -0.4 is 0 Å². The van der Waals surface area contributed by atoms with Crippen LogP contribution in [-0.2, 0) is 0 Å². The lowest BCUT2D eigenvalue weighted by Crippen LogP contribution is -2.39. The van der Waals surface area contributed by atoms with Gasteiger partial charge in [-0.25, -0.2) is 4.98 Å². The highest BCUT2D eigenvalue weighted by molar-refractivity contribution is 5.92. The second-order valence-corrected chi connectivity index (χ2v) is 5.77. The second kappa shape index (κ2) is 7.24.